The zero-order valence-electron chi connectivity index (χ0n) is 8.51. The Morgan fingerprint density at radius 1 is 1.46 bits per heavy atom. The highest BCUT2D eigenvalue weighted by Gasteiger charge is 2.04. The van der Waals surface area contributed by atoms with Crippen molar-refractivity contribution in [2.75, 3.05) is 6.61 Å². The first-order chi connectivity index (χ1) is 6.16. The van der Waals surface area contributed by atoms with Crippen molar-refractivity contribution in [1.29, 1.82) is 0 Å². The number of alkyl halides is 1. The van der Waals surface area contributed by atoms with Crippen molar-refractivity contribution >= 4 is 21.9 Å². The molecule has 0 heterocycles. The fourth-order valence-electron chi connectivity index (χ4n) is 0.927. The SMILES string of the molecule is CCCCCOC(=O)CCC(C)Br. The normalized spacial score (nSPS) is 12.5. The van der Waals surface area contributed by atoms with Crippen molar-refractivity contribution in [2.45, 2.75) is 50.8 Å². The van der Waals surface area contributed by atoms with Crippen molar-refractivity contribution in [2.24, 2.45) is 0 Å². The number of unbranched alkanes of at least 4 members (excludes halogenated alkanes) is 2. The highest BCUT2D eigenvalue weighted by Crippen LogP contribution is 2.07. The summed E-state index contributed by atoms with van der Waals surface area (Å²) in [4.78, 5) is 11.5. The van der Waals surface area contributed by atoms with Crippen LogP contribution in [0.2, 0.25) is 0 Å². The lowest BCUT2D eigenvalue weighted by molar-refractivity contribution is -0.143. The fourth-order valence-corrected chi connectivity index (χ4v) is 1.16. The number of ether oxygens (including phenoxy) is 1. The van der Waals surface area contributed by atoms with Crippen LogP contribution in [0.1, 0.15) is 46.0 Å². The maximum Gasteiger partial charge on any atom is 0.305 e. The lowest BCUT2D eigenvalue weighted by Crippen LogP contribution is -2.07. The van der Waals surface area contributed by atoms with Crippen molar-refractivity contribution < 1.29 is 9.53 Å². The van der Waals surface area contributed by atoms with Crippen LogP contribution in [0.15, 0.2) is 0 Å². The molecule has 0 fully saturated rings. The van der Waals surface area contributed by atoms with Gasteiger partial charge in [0.15, 0.2) is 0 Å². The van der Waals surface area contributed by atoms with Crippen LogP contribution in [0.5, 0.6) is 0 Å². The Bertz CT molecular complexity index is 135. The molecule has 0 spiro atoms. The predicted molar refractivity (Wildman–Crippen MR) is 58.1 cm³/mol. The Kier molecular flexibility index (Phi) is 8.51. The molecule has 0 rings (SSSR count). The van der Waals surface area contributed by atoms with Crippen molar-refractivity contribution in [3.8, 4) is 0 Å². The highest BCUT2D eigenvalue weighted by molar-refractivity contribution is 9.09. The molecular formula is C10H19BrO2. The smallest absolute Gasteiger partial charge is 0.305 e. The second-order valence-corrected chi connectivity index (χ2v) is 4.81. The summed E-state index contributed by atoms with van der Waals surface area (Å²) >= 11 is 3.39. The number of esters is 1. The Morgan fingerprint density at radius 2 is 2.15 bits per heavy atom. The quantitative estimate of drug-likeness (QED) is 0.394. The van der Waals surface area contributed by atoms with Crippen LogP contribution in [0, 0.1) is 0 Å². The molecule has 0 radical (unpaired) electrons. The van der Waals surface area contributed by atoms with E-state index < -0.39 is 0 Å². The molecule has 0 aliphatic carbocycles. The Labute approximate surface area is 89.2 Å². The standard InChI is InChI=1S/C10H19BrO2/c1-3-4-5-8-13-10(12)7-6-9(2)11/h9H,3-8H2,1-2H3. The molecule has 0 aliphatic heterocycles. The maximum atomic E-state index is 11.1. The van der Waals surface area contributed by atoms with Crippen LogP contribution >= 0.6 is 15.9 Å². The van der Waals surface area contributed by atoms with Gasteiger partial charge in [-0.3, -0.25) is 4.79 Å². The third-order valence-electron chi connectivity index (χ3n) is 1.76. The Balaban J connectivity index is 3.20. The van der Waals surface area contributed by atoms with Crippen molar-refractivity contribution in [1.82, 2.24) is 0 Å². The zero-order chi connectivity index (χ0) is 10.1. The van der Waals surface area contributed by atoms with E-state index in [9.17, 15) is 4.79 Å². The van der Waals surface area contributed by atoms with Crippen LogP contribution in [0.3, 0.4) is 0 Å². The van der Waals surface area contributed by atoms with Gasteiger partial charge in [0.05, 0.1) is 6.61 Å². The van der Waals surface area contributed by atoms with Crippen molar-refractivity contribution in [3.63, 3.8) is 0 Å². The third kappa shape index (κ3) is 9.87. The fraction of sp³-hybridized carbons (Fsp3) is 0.900. The van der Waals surface area contributed by atoms with Gasteiger partial charge >= 0.3 is 5.97 Å². The van der Waals surface area contributed by atoms with Gasteiger partial charge in [0.2, 0.25) is 0 Å². The first kappa shape index (κ1) is 12.9. The summed E-state index contributed by atoms with van der Waals surface area (Å²) in [6, 6.07) is 0. The zero-order valence-corrected chi connectivity index (χ0v) is 10.1. The molecule has 0 saturated carbocycles. The van der Waals surface area contributed by atoms with Gasteiger partial charge in [-0.15, -0.1) is 0 Å². The van der Waals surface area contributed by atoms with E-state index in [1.165, 1.54) is 0 Å². The minimum Gasteiger partial charge on any atom is -0.466 e. The highest BCUT2D eigenvalue weighted by atomic mass is 79.9. The summed E-state index contributed by atoms with van der Waals surface area (Å²) in [6.45, 7) is 4.75. The molecule has 2 nitrogen and oxygen atoms in total. The molecule has 1 unspecified atom stereocenters. The van der Waals surface area contributed by atoms with Gasteiger partial charge in [0.25, 0.3) is 0 Å². The van der Waals surface area contributed by atoms with Gasteiger partial charge in [-0.05, 0) is 12.8 Å². The molecule has 0 N–H and O–H groups in total. The summed E-state index contributed by atoms with van der Waals surface area (Å²) in [5.41, 5.74) is 0. The van der Waals surface area contributed by atoms with Gasteiger partial charge in [-0.25, -0.2) is 0 Å². The summed E-state index contributed by atoms with van der Waals surface area (Å²) in [7, 11) is 0. The molecule has 0 aromatic rings. The first-order valence-electron chi connectivity index (χ1n) is 4.96. The van der Waals surface area contributed by atoms with E-state index in [2.05, 4.69) is 22.9 Å². The van der Waals surface area contributed by atoms with Gasteiger partial charge in [-0.2, -0.15) is 0 Å². The molecule has 0 aliphatic rings. The summed E-state index contributed by atoms with van der Waals surface area (Å²) in [5, 5.41) is 0. The topological polar surface area (TPSA) is 26.3 Å². The lowest BCUT2D eigenvalue weighted by atomic mass is 10.2. The molecule has 13 heavy (non-hydrogen) atoms. The Morgan fingerprint density at radius 3 is 2.69 bits per heavy atom. The van der Waals surface area contributed by atoms with E-state index in [1.807, 2.05) is 6.92 Å². The molecule has 0 aromatic heterocycles. The van der Waals surface area contributed by atoms with E-state index in [4.69, 9.17) is 4.74 Å². The minimum atomic E-state index is -0.0672. The predicted octanol–water partition coefficient (Wildman–Crippen LogP) is 3.28. The van der Waals surface area contributed by atoms with Gasteiger partial charge in [-0.1, -0.05) is 42.6 Å². The van der Waals surface area contributed by atoms with Gasteiger partial charge in [0, 0.05) is 11.2 Å². The second kappa shape index (κ2) is 8.54. The van der Waals surface area contributed by atoms with E-state index >= 15 is 0 Å². The third-order valence-corrected chi connectivity index (χ3v) is 2.22. The molecule has 3 heteroatoms. The molecule has 78 valence electrons. The van der Waals surface area contributed by atoms with Crippen molar-refractivity contribution in [3.05, 3.63) is 0 Å². The van der Waals surface area contributed by atoms with Crippen LogP contribution in [0.4, 0.5) is 0 Å². The van der Waals surface area contributed by atoms with Crippen LogP contribution in [0.25, 0.3) is 0 Å². The van der Waals surface area contributed by atoms with Gasteiger partial charge < -0.3 is 4.74 Å². The Hall–Kier alpha value is -0.0500. The van der Waals surface area contributed by atoms with Gasteiger partial charge in [0.1, 0.15) is 0 Å². The number of carbonyl (C=O) groups is 1. The molecule has 0 bridgehead atoms. The summed E-state index contributed by atoms with van der Waals surface area (Å²) in [5.74, 6) is -0.0672. The molecule has 0 saturated heterocycles. The first-order valence-corrected chi connectivity index (χ1v) is 5.88. The second-order valence-electron chi connectivity index (χ2n) is 3.25. The lowest BCUT2D eigenvalue weighted by Gasteiger charge is -2.04. The van der Waals surface area contributed by atoms with Crippen LogP contribution in [-0.4, -0.2) is 17.4 Å². The number of hydrogen-bond donors (Lipinski definition) is 0. The van der Waals surface area contributed by atoms with E-state index in [1.54, 1.807) is 0 Å². The van der Waals surface area contributed by atoms with E-state index in [0.29, 0.717) is 17.9 Å². The minimum absolute atomic E-state index is 0.0672. The van der Waals surface area contributed by atoms with E-state index in [0.717, 1.165) is 25.7 Å². The molecule has 0 amide bonds. The summed E-state index contributed by atoms with van der Waals surface area (Å²) in [6.07, 6.45) is 4.68. The maximum absolute atomic E-state index is 11.1. The van der Waals surface area contributed by atoms with Crippen LogP contribution < -0.4 is 0 Å². The average molecular weight is 251 g/mol. The largest absolute Gasteiger partial charge is 0.466 e. The monoisotopic (exact) mass is 250 g/mol. The van der Waals surface area contributed by atoms with E-state index in [-0.39, 0.29) is 5.97 Å². The number of halogens is 1. The average Bonchev–Trinajstić information content (AvgIpc) is 2.09. The summed E-state index contributed by atoms with van der Waals surface area (Å²) < 4.78 is 5.03. The number of rotatable bonds is 7. The number of carbonyl (C=O) groups excluding carboxylic acids is 1. The van der Waals surface area contributed by atoms with Crippen LogP contribution in [-0.2, 0) is 9.53 Å². The number of hydrogen-bond acceptors (Lipinski definition) is 2. The molecule has 0 aromatic carbocycles. The molecular weight excluding hydrogens is 232 g/mol. The molecule has 1 atom stereocenters.